The van der Waals surface area contributed by atoms with E-state index >= 15 is 0 Å². The van der Waals surface area contributed by atoms with Crippen LogP contribution in [0.1, 0.15) is 26.3 Å². The Morgan fingerprint density at radius 3 is 2.53 bits per heavy atom. The van der Waals surface area contributed by atoms with E-state index in [0.29, 0.717) is 0 Å². The number of amides is 1. The molecule has 94 valence electrons. The van der Waals surface area contributed by atoms with E-state index in [1.165, 1.54) is 5.56 Å². The van der Waals surface area contributed by atoms with Crippen LogP contribution < -0.4 is 10.6 Å². The fraction of sp³-hybridized carbons (Fsp3) is 0.462. The molecule has 0 heterocycles. The van der Waals surface area contributed by atoms with Crippen molar-refractivity contribution in [2.24, 2.45) is 0 Å². The highest BCUT2D eigenvalue weighted by atomic mass is 79.9. The molecule has 0 aliphatic carbocycles. The normalized spacial score (nSPS) is 11.1. The molecule has 3 nitrogen and oxygen atoms in total. The smallest absolute Gasteiger partial charge is 0.239 e. The standard InChI is InChI=1S/C13H19BrN2O/c1-9-5-6-10(7-11(9)14)15-8-12(17)16-13(2,3)4/h5-7,15H,8H2,1-4H3,(H,16,17). The van der Waals surface area contributed by atoms with Crippen molar-refractivity contribution in [1.82, 2.24) is 5.32 Å². The van der Waals surface area contributed by atoms with Gasteiger partial charge in [0.2, 0.25) is 5.91 Å². The average Bonchev–Trinajstić information content (AvgIpc) is 2.17. The van der Waals surface area contributed by atoms with Crippen LogP contribution >= 0.6 is 15.9 Å². The summed E-state index contributed by atoms with van der Waals surface area (Å²) >= 11 is 3.46. The third-order valence-electron chi connectivity index (χ3n) is 2.14. The molecule has 0 aromatic heterocycles. The first kappa shape index (κ1) is 14.0. The first-order valence-corrected chi connectivity index (χ1v) is 6.38. The van der Waals surface area contributed by atoms with Gasteiger partial charge < -0.3 is 10.6 Å². The number of carbonyl (C=O) groups is 1. The zero-order valence-corrected chi connectivity index (χ0v) is 12.3. The van der Waals surface area contributed by atoms with Crippen molar-refractivity contribution in [2.75, 3.05) is 11.9 Å². The fourth-order valence-corrected chi connectivity index (χ4v) is 1.73. The Labute approximate surface area is 111 Å². The molecule has 0 saturated carbocycles. The minimum atomic E-state index is -0.188. The number of benzene rings is 1. The van der Waals surface area contributed by atoms with Crippen LogP contribution in [0.5, 0.6) is 0 Å². The third-order valence-corrected chi connectivity index (χ3v) is 2.99. The molecule has 4 heteroatoms. The lowest BCUT2D eigenvalue weighted by molar-refractivity contribution is -0.120. The summed E-state index contributed by atoms with van der Waals surface area (Å²) < 4.78 is 1.04. The molecule has 1 rings (SSSR count). The largest absolute Gasteiger partial charge is 0.376 e. The van der Waals surface area contributed by atoms with Crippen molar-refractivity contribution >= 4 is 27.5 Å². The van der Waals surface area contributed by atoms with Crippen LogP contribution in [0.15, 0.2) is 22.7 Å². The number of aryl methyl sites for hydroxylation is 1. The summed E-state index contributed by atoms with van der Waals surface area (Å²) in [6.45, 7) is 8.21. The van der Waals surface area contributed by atoms with Gasteiger partial charge in [-0.15, -0.1) is 0 Å². The molecule has 0 spiro atoms. The predicted molar refractivity (Wildman–Crippen MR) is 75.3 cm³/mol. The molecule has 1 amide bonds. The van der Waals surface area contributed by atoms with Gasteiger partial charge in [0.15, 0.2) is 0 Å². The molecular weight excluding hydrogens is 280 g/mol. The minimum absolute atomic E-state index is 0.00537. The summed E-state index contributed by atoms with van der Waals surface area (Å²) in [5, 5.41) is 6.00. The molecule has 0 aliphatic heterocycles. The van der Waals surface area contributed by atoms with Gasteiger partial charge in [-0.05, 0) is 45.4 Å². The molecule has 17 heavy (non-hydrogen) atoms. The number of halogens is 1. The van der Waals surface area contributed by atoms with Gasteiger partial charge in [0.25, 0.3) is 0 Å². The van der Waals surface area contributed by atoms with E-state index in [4.69, 9.17) is 0 Å². The van der Waals surface area contributed by atoms with Gasteiger partial charge in [-0.25, -0.2) is 0 Å². The van der Waals surface area contributed by atoms with Crippen LogP contribution in [0.2, 0.25) is 0 Å². The van der Waals surface area contributed by atoms with Gasteiger partial charge >= 0.3 is 0 Å². The maximum absolute atomic E-state index is 11.6. The van der Waals surface area contributed by atoms with E-state index < -0.39 is 0 Å². The van der Waals surface area contributed by atoms with Crippen LogP contribution in [-0.2, 0) is 4.79 Å². The lowest BCUT2D eigenvalue weighted by Gasteiger charge is -2.20. The summed E-state index contributed by atoms with van der Waals surface area (Å²) in [5.74, 6) is -0.00537. The zero-order chi connectivity index (χ0) is 13.1. The first-order chi connectivity index (χ1) is 7.78. The topological polar surface area (TPSA) is 41.1 Å². The van der Waals surface area contributed by atoms with Crippen molar-refractivity contribution in [3.8, 4) is 0 Å². The molecule has 2 N–H and O–H groups in total. The highest BCUT2D eigenvalue weighted by Gasteiger charge is 2.13. The molecule has 0 aliphatic rings. The molecule has 0 atom stereocenters. The molecule has 1 aromatic carbocycles. The number of anilines is 1. The molecule has 1 aromatic rings. The van der Waals surface area contributed by atoms with Gasteiger partial charge in [-0.3, -0.25) is 4.79 Å². The summed E-state index contributed by atoms with van der Waals surface area (Å²) in [5.41, 5.74) is 1.92. The predicted octanol–water partition coefficient (Wildman–Crippen LogP) is 3.08. The Morgan fingerprint density at radius 2 is 2.00 bits per heavy atom. The van der Waals surface area contributed by atoms with Crippen molar-refractivity contribution in [3.63, 3.8) is 0 Å². The lowest BCUT2D eigenvalue weighted by Crippen LogP contribution is -2.43. The molecular formula is C13H19BrN2O. The van der Waals surface area contributed by atoms with Crippen molar-refractivity contribution in [1.29, 1.82) is 0 Å². The van der Waals surface area contributed by atoms with Gasteiger partial charge in [0.05, 0.1) is 6.54 Å². The summed E-state index contributed by atoms with van der Waals surface area (Å²) in [6, 6.07) is 5.94. The Morgan fingerprint density at radius 1 is 1.35 bits per heavy atom. The van der Waals surface area contributed by atoms with E-state index in [1.54, 1.807) is 0 Å². The SMILES string of the molecule is Cc1ccc(NCC(=O)NC(C)(C)C)cc1Br. The van der Waals surface area contributed by atoms with Crippen molar-refractivity contribution in [2.45, 2.75) is 33.2 Å². The number of carbonyl (C=O) groups excluding carboxylic acids is 1. The van der Waals surface area contributed by atoms with Gasteiger partial charge in [0.1, 0.15) is 0 Å². The minimum Gasteiger partial charge on any atom is -0.376 e. The molecule has 0 saturated heterocycles. The van der Waals surface area contributed by atoms with Gasteiger partial charge in [-0.2, -0.15) is 0 Å². The van der Waals surface area contributed by atoms with Crippen LogP contribution in [0, 0.1) is 6.92 Å². The summed E-state index contributed by atoms with van der Waals surface area (Å²) in [4.78, 5) is 11.6. The molecule has 0 unspecified atom stereocenters. The number of rotatable bonds is 3. The zero-order valence-electron chi connectivity index (χ0n) is 10.7. The van der Waals surface area contributed by atoms with Gasteiger partial charge in [-0.1, -0.05) is 22.0 Å². The third kappa shape index (κ3) is 5.22. The Hall–Kier alpha value is -1.03. The van der Waals surface area contributed by atoms with Crippen molar-refractivity contribution in [3.05, 3.63) is 28.2 Å². The van der Waals surface area contributed by atoms with Crippen LogP contribution in [0.25, 0.3) is 0 Å². The summed E-state index contributed by atoms with van der Waals surface area (Å²) in [7, 11) is 0. The Bertz CT molecular complexity index is 410. The highest BCUT2D eigenvalue weighted by molar-refractivity contribution is 9.10. The second-order valence-corrected chi connectivity index (χ2v) is 5.97. The monoisotopic (exact) mass is 298 g/mol. The van der Waals surface area contributed by atoms with E-state index in [0.717, 1.165) is 10.2 Å². The fourth-order valence-electron chi connectivity index (χ4n) is 1.35. The maximum Gasteiger partial charge on any atom is 0.239 e. The number of nitrogens with one attached hydrogen (secondary N) is 2. The average molecular weight is 299 g/mol. The van der Waals surface area contributed by atoms with Crippen LogP contribution in [0.3, 0.4) is 0 Å². The quantitative estimate of drug-likeness (QED) is 0.900. The Balaban J connectivity index is 2.50. The number of hydrogen-bond donors (Lipinski definition) is 2. The first-order valence-electron chi connectivity index (χ1n) is 5.59. The molecule has 0 fully saturated rings. The van der Waals surface area contributed by atoms with Crippen LogP contribution in [0.4, 0.5) is 5.69 Å². The van der Waals surface area contributed by atoms with E-state index in [-0.39, 0.29) is 18.0 Å². The Kier molecular flexibility index (Phi) is 4.57. The highest BCUT2D eigenvalue weighted by Crippen LogP contribution is 2.20. The molecule has 0 radical (unpaired) electrons. The second kappa shape index (κ2) is 5.54. The van der Waals surface area contributed by atoms with E-state index in [9.17, 15) is 4.79 Å². The second-order valence-electron chi connectivity index (χ2n) is 5.12. The van der Waals surface area contributed by atoms with Gasteiger partial charge in [0, 0.05) is 15.7 Å². The van der Waals surface area contributed by atoms with E-state index in [1.807, 2.05) is 45.9 Å². The number of hydrogen-bond acceptors (Lipinski definition) is 2. The maximum atomic E-state index is 11.6. The lowest BCUT2D eigenvalue weighted by atomic mass is 10.1. The van der Waals surface area contributed by atoms with E-state index in [2.05, 4.69) is 26.6 Å². The van der Waals surface area contributed by atoms with Crippen LogP contribution in [-0.4, -0.2) is 18.0 Å². The summed E-state index contributed by atoms with van der Waals surface area (Å²) in [6.07, 6.45) is 0. The van der Waals surface area contributed by atoms with Crippen molar-refractivity contribution < 1.29 is 4.79 Å². The molecule has 0 bridgehead atoms.